The van der Waals surface area contributed by atoms with E-state index in [4.69, 9.17) is 16.3 Å². The van der Waals surface area contributed by atoms with Crippen LogP contribution in [0.3, 0.4) is 0 Å². The predicted octanol–water partition coefficient (Wildman–Crippen LogP) is 5.58. The summed E-state index contributed by atoms with van der Waals surface area (Å²) < 4.78 is 45.5. The number of para-hydroxylation sites is 1. The smallest absolute Gasteiger partial charge is 0.372 e. The summed E-state index contributed by atoms with van der Waals surface area (Å²) in [6.07, 6.45) is -3.78. The van der Waals surface area contributed by atoms with Gasteiger partial charge >= 0.3 is 6.18 Å². The Kier molecular flexibility index (Phi) is 4.08. The molecule has 1 unspecified atom stereocenters. The van der Waals surface area contributed by atoms with Crippen molar-refractivity contribution in [3.63, 3.8) is 0 Å². The predicted molar refractivity (Wildman–Crippen MR) is 83.6 cm³/mol. The van der Waals surface area contributed by atoms with E-state index in [1.807, 2.05) is 24.3 Å². The van der Waals surface area contributed by atoms with Crippen molar-refractivity contribution in [2.24, 2.45) is 0 Å². The summed E-state index contributed by atoms with van der Waals surface area (Å²) in [5.41, 5.74) is 0.572. The molecule has 0 saturated heterocycles. The number of rotatable bonds is 3. The van der Waals surface area contributed by atoms with Gasteiger partial charge in [0.05, 0.1) is 5.56 Å². The van der Waals surface area contributed by atoms with Crippen LogP contribution >= 0.6 is 11.6 Å². The van der Waals surface area contributed by atoms with Gasteiger partial charge in [0.25, 0.3) is 0 Å². The van der Waals surface area contributed by atoms with E-state index in [0.29, 0.717) is 5.56 Å². The van der Waals surface area contributed by atoms with E-state index in [-0.39, 0.29) is 10.6 Å². The summed E-state index contributed by atoms with van der Waals surface area (Å²) in [5.74, 6) is 0. The molecular weight excluding hydrogens is 327 g/mol. The van der Waals surface area contributed by atoms with Crippen LogP contribution in [0.25, 0.3) is 10.9 Å². The average molecular weight is 340 g/mol. The van der Waals surface area contributed by atoms with Gasteiger partial charge in [-0.2, -0.15) is 13.2 Å². The van der Waals surface area contributed by atoms with Crippen LogP contribution in [0.15, 0.2) is 48.7 Å². The van der Waals surface area contributed by atoms with Crippen LogP contribution < -0.4 is 0 Å². The van der Waals surface area contributed by atoms with Gasteiger partial charge in [-0.15, -0.1) is 0 Å². The van der Waals surface area contributed by atoms with Gasteiger partial charge in [0.2, 0.25) is 0 Å². The van der Waals surface area contributed by atoms with Crippen LogP contribution in [0.5, 0.6) is 0 Å². The Morgan fingerprint density at radius 3 is 2.52 bits per heavy atom. The summed E-state index contributed by atoms with van der Waals surface area (Å²) >= 11 is 6.09. The molecular formula is C17H13ClF3NO. The molecule has 1 N–H and O–H groups in total. The topological polar surface area (TPSA) is 25.0 Å². The van der Waals surface area contributed by atoms with Gasteiger partial charge in [-0.3, -0.25) is 0 Å². The van der Waals surface area contributed by atoms with Crippen LogP contribution in [-0.4, -0.2) is 12.1 Å². The van der Waals surface area contributed by atoms with Crippen molar-refractivity contribution in [1.29, 1.82) is 0 Å². The van der Waals surface area contributed by atoms with Crippen molar-refractivity contribution in [2.75, 3.05) is 7.11 Å². The number of hydrogen-bond donors (Lipinski definition) is 1. The SMILES string of the molecule is COC(c1c(Cl)cccc1C(F)(F)F)c1c[nH]c2ccccc12. The van der Waals surface area contributed by atoms with Gasteiger partial charge < -0.3 is 9.72 Å². The molecule has 23 heavy (non-hydrogen) atoms. The largest absolute Gasteiger partial charge is 0.416 e. The van der Waals surface area contributed by atoms with Crippen LogP contribution in [0.1, 0.15) is 22.8 Å². The van der Waals surface area contributed by atoms with Crippen molar-refractivity contribution in [2.45, 2.75) is 12.3 Å². The van der Waals surface area contributed by atoms with Crippen molar-refractivity contribution in [3.8, 4) is 0 Å². The molecule has 0 aliphatic carbocycles. The Bertz CT molecular complexity index is 841. The van der Waals surface area contributed by atoms with E-state index in [2.05, 4.69) is 4.98 Å². The molecule has 0 aliphatic rings. The maximum atomic E-state index is 13.4. The van der Waals surface area contributed by atoms with E-state index in [1.165, 1.54) is 19.2 Å². The zero-order chi connectivity index (χ0) is 16.6. The van der Waals surface area contributed by atoms with E-state index >= 15 is 0 Å². The summed E-state index contributed by atoms with van der Waals surface area (Å²) in [6, 6.07) is 11.1. The third-order valence-corrected chi connectivity index (χ3v) is 4.09. The highest BCUT2D eigenvalue weighted by molar-refractivity contribution is 6.31. The number of aromatic amines is 1. The maximum absolute atomic E-state index is 13.4. The molecule has 2 nitrogen and oxygen atoms in total. The highest BCUT2D eigenvalue weighted by Crippen LogP contribution is 2.42. The zero-order valence-electron chi connectivity index (χ0n) is 12.1. The van der Waals surface area contributed by atoms with Crippen molar-refractivity contribution >= 4 is 22.5 Å². The number of H-pyrrole nitrogens is 1. The molecule has 1 heterocycles. The molecule has 3 aromatic rings. The molecule has 120 valence electrons. The van der Waals surface area contributed by atoms with E-state index in [9.17, 15) is 13.2 Å². The molecule has 0 radical (unpaired) electrons. The second-order valence-electron chi connectivity index (χ2n) is 5.10. The first kappa shape index (κ1) is 15.9. The first-order chi connectivity index (χ1) is 10.9. The summed E-state index contributed by atoms with van der Waals surface area (Å²) in [7, 11) is 1.37. The number of alkyl halides is 3. The first-order valence-electron chi connectivity index (χ1n) is 6.88. The Morgan fingerprint density at radius 1 is 1.09 bits per heavy atom. The molecule has 1 aromatic heterocycles. The summed E-state index contributed by atoms with van der Waals surface area (Å²) in [5, 5.41) is 0.823. The number of ether oxygens (including phenoxy) is 1. The van der Waals surface area contributed by atoms with E-state index in [1.54, 1.807) is 6.20 Å². The van der Waals surface area contributed by atoms with Crippen molar-refractivity contribution in [3.05, 3.63) is 70.4 Å². The van der Waals surface area contributed by atoms with Crippen LogP contribution in [0.2, 0.25) is 5.02 Å². The molecule has 0 aliphatic heterocycles. The lowest BCUT2D eigenvalue weighted by Gasteiger charge is -2.21. The van der Waals surface area contributed by atoms with Crippen molar-refractivity contribution in [1.82, 2.24) is 4.98 Å². The van der Waals surface area contributed by atoms with Gasteiger partial charge in [0, 0.05) is 40.4 Å². The fourth-order valence-corrected chi connectivity index (χ4v) is 3.04. The Balaban J connectivity index is 2.23. The standard InChI is InChI=1S/C17H13ClF3NO/c1-23-16(11-9-22-14-8-3-2-5-10(11)14)15-12(17(19,20)21)6-4-7-13(15)18/h2-9,16,22H,1H3. The average Bonchev–Trinajstić information content (AvgIpc) is 2.93. The molecule has 0 spiro atoms. The molecule has 1 atom stereocenters. The number of fused-ring (bicyclic) bond motifs is 1. The monoisotopic (exact) mass is 339 g/mol. The molecule has 0 saturated carbocycles. The fraction of sp³-hybridized carbons (Fsp3) is 0.176. The van der Waals surface area contributed by atoms with Gasteiger partial charge in [-0.1, -0.05) is 35.9 Å². The highest BCUT2D eigenvalue weighted by Gasteiger charge is 2.37. The molecule has 0 fully saturated rings. The lowest BCUT2D eigenvalue weighted by molar-refractivity contribution is -0.139. The third kappa shape index (κ3) is 2.82. The number of benzene rings is 2. The zero-order valence-corrected chi connectivity index (χ0v) is 12.9. The molecule has 2 aromatic carbocycles. The van der Waals surface area contributed by atoms with Gasteiger partial charge in [0.15, 0.2) is 0 Å². The third-order valence-electron chi connectivity index (χ3n) is 3.76. The Labute approximate surface area is 135 Å². The van der Waals surface area contributed by atoms with E-state index < -0.39 is 17.8 Å². The van der Waals surface area contributed by atoms with Gasteiger partial charge in [-0.25, -0.2) is 0 Å². The van der Waals surface area contributed by atoms with Crippen LogP contribution in [-0.2, 0) is 10.9 Å². The Morgan fingerprint density at radius 2 is 1.83 bits per heavy atom. The second-order valence-corrected chi connectivity index (χ2v) is 5.51. The molecule has 0 bridgehead atoms. The minimum Gasteiger partial charge on any atom is -0.372 e. The number of aromatic nitrogens is 1. The molecule has 3 rings (SSSR count). The second kappa shape index (κ2) is 5.91. The lowest BCUT2D eigenvalue weighted by Crippen LogP contribution is -2.14. The number of hydrogen-bond acceptors (Lipinski definition) is 1. The lowest BCUT2D eigenvalue weighted by atomic mass is 9.95. The Hall–Kier alpha value is -1.98. The number of halogens is 4. The quantitative estimate of drug-likeness (QED) is 0.662. The minimum absolute atomic E-state index is 0.0250. The highest BCUT2D eigenvalue weighted by atomic mass is 35.5. The number of nitrogens with one attached hydrogen (secondary N) is 1. The molecule has 0 amide bonds. The van der Waals surface area contributed by atoms with Crippen LogP contribution in [0.4, 0.5) is 13.2 Å². The van der Waals surface area contributed by atoms with Gasteiger partial charge in [0.1, 0.15) is 6.10 Å². The van der Waals surface area contributed by atoms with Crippen LogP contribution in [0, 0.1) is 0 Å². The normalized spacial score (nSPS) is 13.4. The first-order valence-corrected chi connectivity index (χ1v) is 7.25. The van der Waals surface area contributed by atoms with Gasteiger partial charge in [-0.05, 0) is 18.2 Å². The molecule has 6 heteroatoms. The minimum atomic E-state index is -4.51. The fourth-order valence-electron chi connectivity index (χ4n) is 2.76. The maximum Gasteiger partial charge on any atom is 0.416 e. The summed E-state index contributed by atoms with van der Waals surface area (Å²) in [6.45, 7) is 0. The summed E-state index contributed by atoms with van der Waals surface area (Å²) in [4.78, 5) is 3.05. The number of methoxy groups -OCH3 is 1. The van der Waals surface area contributed by atoms with E-state index in [0.717, 1.165) is 17.0 Å². The van der Waals surface area contributed by atoms with Crippen molar-refractivity contribution < 1.29 is 17.9 Å².